The molecular formula is C18H30N2O2. The van der Waals surface area contributed by atoms with Crippen LogP contribution >= 0.6 is 0 Å². The topological polar surface area (TPSA) is 55.2 Å². The molecule has 0 atom stereocenters. The summed E-state index contributed by atoms with van der Waals surface area (Å²) in [5.74, 6) is 0. The first-order chi connectivity index (χ1) is 10.7. The molecule has 22 heavy (non-hydrogen) atoms. The second-order valence-corrected chi connectivity index (χ2v) is 5.93. The van der Waals surface area contributed by atoms with Crippen molar-refractivity contribution in [2.75, 3.05) is 0 Å². The summed E-state index contributed by atoms with van der Waals surface area (Å²) in [6, 6.07) is 0.346. The van der Waals surface area contributed by atoms with Crippen molar-refractivity contribution in [3.63, 3.8) is 0 Å². The molecule has 4 heteroatoms. The molecule has 4 nitrogen and oxygen atoms in total. The third kappa shape index (κ3) is 6.92. The Kier molecular flexibility index (Phi) is 9.28. The van der Waals surface area contributed by atoms with Crippen LogP contribution in [0.2, 0.25) is 0 Å². The number of allylic oxidation sites excluding steroid dienone is 4. The molecule has 0 aromatic carbocycles. The average molecular weight is 306 g/mol. The largest absolute Gasteiger partial charge is 0.377 e. The van der Waals surface area contributed by atoms with Crippen molar-refractivity contribution in [2.45, 2.75) is 77.7 Å². The molecule has 0 amide bonds. The molecule has 1 fully saturated rings. The van der Waals surface area contributed by atoms with E-state index in [0.717, 1.165) is 12.8 Å². The Balaban J connectivity index is 2.74. The monoisotopic (exact) mass is 306 g/mol. The molecular weight excluding hydrogens is 276 g/mol. The van der Waals surface area contributed by atoms with E-state index >= 15 is 0 Å². The van der Waals surface area contributed by atoms with Gasteiger partial charge in [-0.05, 0) is 26.7 Å². The third-order valence-corrected chi connectivity index (χ3v) is 4.17. The van der Waals surface area contributed by atoms with E-state index in [9.17, 15) is 10.1 Å². The van der Waals surface area contributed by atoms with Crippen molar-refractivity contribution in [1.29, 1.82) is 0 Å². The quantitative estimate of drug-likeness (QED) is 0.436. The Hall–Kier alpha value is -1.58. The summed E-state index contributed by atoms with van der Waals surface area (Å²) in [6.45, 7) is 3.72. The third-order valence-electron chi connectivity index (χ3n) is 4.17. The fraction of sp³-hybridized carbons (Fsp3) is 0.667. The van der Waals surface area contributed by atoms with Gasteiger partial charge in [-0.25, -0.2) is 0 Å². The smallest absolute Gasteiger partial charge is 0.291 e. The van der Waals surface area contributed by atoms with Crippen LogP contribution in [0.25, 0.3) is 0 Å². The van der Waals surface area contributed by atoms with Crippen LogP contribution in [0.1, 0.15) is 71.6 Å². The van der Waals surface area contributed by atoms with Crippen LogP contribution in [0.5, 0.6) is 0 Å². The van der Waals surface area contributed by atoms with E-state index in [1.165, 1.54) is 44.9 Å². The van der Waals surface area contributed by atoms with E-state index in [0.29, 0.717) is 11.7 Å². The maximum Gasteiger partial charge on any atom is 0.291 e. The van der Waals surface area contributed by atoms with Crippen LogP contribution in [0, 0.1) is 10.1 Å². The van der Waals surface area contributed by atoms with E-state index < -0.39 is 0 Å². The van der Waals surface area contributed by atoms with Gasteiger partial charge in [0.25, 0.3) is 5.70 Å². The number of nitro groups is 1. The molecule has 1 saturated carbocycles. The maximum absolute atomic E-state index is 11.3. The van der Waals surface area contributed by atoms with Crippen molar-refractivity contribution in [3.05, 3.63) is 45.8 Å². The van der Waals surface area contributed by atoms with Crippen LogP contribution in [0.15, 0.2) is 35.7 Å². The van der Waals surface area contributed by atoms with Crippen molar-refractivity contribution < 1.29 is 4.92 Å². The van der Waals surface area contributed by atoms with Gasteiger partial charge in [0.2, 0.25) is 0 Å². The zero-order valence-electron chi connectivity index (χ0n) is 14.0. The lowest BCUT2D eigenvalue weighted by Crippen LogP contribution is -2.30. The van der Waals surface area contributed by atoms with Gasteiger partial charge < -0.3 is 5.32 Å². The molecule has 0 aromatic rings. The molecule has 0 aliphatic heterocycles. The summed E-state index contributed by atoms with van der Waals surface area (Å²) in [5.41, 5.74) is 0.794. The zero-order valence-corrected chi connectivity index (χ0v) is 14.0. The number of hydrogen-bond acceptors (Lipinski definition) is 3. The second-order valence-electron chi connectivity index (χ2n) is 5.93. The van der Waals surface area contributed by atoms with Gasteiger partial charge in [0, 0.05) is 12.1 Å². The Morgan fingerprint density at radius 2 is 1.59 bits per heavy atom. The SMILES string of the molecule is C\C=C/C=C(\C(=C/C)NC1CCCCCCCCC1)[N+](=O)[O-]. The Morgan fingerprint density at radius 3 is 2.05 bits per heavy atom. The molecule has 0 spiro atoms. The lowest BCUT2D eigenvalue weighted by Gasteiger charge is -2.22. The fourth-order valence-corrected chi connectivity index (χ4v) is 2.92. The van der Waals surface area contributed by atoms with Crippen LogP contribution in [-0.4, -0.2) is 11.0 Å². The predicted molar refractivity (Wildman–Crippen MR) is 92.1 cm³/mol. The summed E-state index contributed by atoms with van der Waals surface area (Å²) in [5, 5.41) is 14.7. The van der Waals surface area contributed by atoms with Gasteiger partial charge in [0.1, 0.15) is 5.70 Å². The highest BCUT2D eigenvalue weighted by Crippen LogP contribution is 2.19. The number of hydrogen-bond donors (Lipinski definition) is 1. The lowest BCUT2D eigenvalue weighted by molar-refractivity contribution is -0.421. The molecule has 0 radical (unpaired) electrons. The molecule has 0 aromatic heterocycles. The summed E-state index contributed by atoms with van der Waals surface area (Å²) >= 11 is 0. The summed E-state index contributed by atoms with van der Waals surface area (Å²) in [6.07, 6.45) is 18.1. The number of rotatable bonds is 5. The molecule has 1 rings (SSSR count). The maximum atomic E-state index is 11.3. The normalized spacial score (nSPS) is 20.1. The van der Waals surface area contributed by atoms with E-state index in [4.69, 9.17) is 0 Å². The van der Waals surface area contributed by atoms with Crippen molar-refractivity contribution in [1.82, 2.24) is 5.32 Å². The molecule has 1 N–H and O–H groups in total. The molecule has 124 valence electrons. The summed E-state index contributed by atoms with van der Waals surface area (Å²) in [7, 11) is 0. The predicted octanol–water partition coefficient (Wildman–Crippen LogP) is 5.11. The molecule has 0 heterocycles. The van der Waals surface area contributed by atoms with E-state index in [1.807, 2.05) is 19.9 Å². The Morgan fingerprint density at radius 1 is 1.05 bits per heavy atom. The van der Waals surface area contributed by atoms with E-state index in [-0.39, 0.29) is 10.6 Å². The standard InChI is InChI=1S/C18H30N2O2/c1-3-5-15-18(20(21)22)17(4-2)19-16-13-11-9-7-6-8-10-12-14-16/h3-5,15-16,19H,6-14H2,1-2H3/b5-3-,17-4+,18-15+. The molecule has 0 saturated heterocycles. The molecule has 1 aliphatic carbocycles. The van der Waals surface area contributed by atoms with Gasteiger partial charge in [-0.1, -0.05) is 63.2 Å². The van der Waals surface area contributed by atoms with Crippen LogP contribution in [0.4, 0.5) is 0 Å². The van der Waals surface area contributed by atoms with Gasteiger partial charge in [-0.2, -0.15) is 0 Å². The number of nitrogens with zero attached hydrogens (tertiary/aromatic N) is 1. The molecule has 1 aliphatic rings. The van der Waals surface area contributed by atoms with E-state index in [2.05, 4.69) is 5.32 Å². The first-order valence-electron chi connectivity index (χ1n) is 8.59. The highest BCUT2D eigenvalue weighted by molar-refractivity contribution is 5.26. The zero-order chi connectivity index (χ0) is 16.2. The minimum absolute atomic E-state index is 0.151. The average Bonchev–Trinajstić information content (AvgIpc) is 2.52. The van der Waals surface area contributed by atoms with Crippen molar-refractivity contribution in [2.24, 2.45) is 0 Å². The fourth-order valence-electron chi connectivity index (χ4n) is 2.92. The Bertz CT molecular complexity index is 415. The minimum atomic E-state index is -0.303. The van der Waals surface area contributed by atoms with Crippen molar-refractivity contribution >= 4 is 0 Å². The van der Waals surface area contributed by atoms with Gasteiger partial charge in [0.05, 0.1) is 4.92 Å². The summed E-state index contributed by atoms with van der Waals surface area (Å²) < 4.78 is 0. The van der Waals surface area contributed by atoms with E-state index in [1.54, 1.807) is 18.2 Å². The van der Waals surface area contributed by atoms with Gasteiger partial charge in [-0.15, -0.1) is 0 Å². The van der Waals surface area contributed by atoms with Crippen LogP contribution < -0.4 is 5.32 Å². The highest BCUT2D eigenvalue weighted by Gasteiger charge is 2.19. The van der Waals surface area contributed by atoms with Gasteiger partial charge in [0.15, 0.2) is 0 Å². The van der Waals surface area contributed by atoms with Crippen molar-refractivity contribution in [3.8, 4) is 0 Å². The first kappa shape index (κ1) is 18.5. The lowest BCUT2D eigenvalue weighted by atomic mass is 9.97. The van der Waals surface area contributed by atoms with Gasteiger partial charge in [-0.3, -0.25) is 10.1 Å². The number of nitrogens with one attached hydrogen (secondary N) is 1. The van der Waals surface area contributed by atoms with Gasteiger partial charge >= 0.3 is 0 Å². The second kappa shape index (κ2) is 11.0. The molecule has 0 unspecified atom stereocenters. The Labute approximate surface area is 134 Å². The first-order valence-corrected chi connectivity index (χ1v) is 8.59. The molecule has 0 bridgehead atoms. The van der Waals surface area contributed by atoms with Crippen LogP contribution in [-0.2, 0) is 0 Å². The van der Waals surface area contributed by atoms with Crippen LogP contribution in [0.3, 0.4) is 0 Å². The summed E-state index contributed by atoms with van der Waals surface area (Å²) in [4.78, 5) is 11.0. The highest BCUT2D eigenvalue weighted by atomic mass is 16.6. The minimum Gasteiger partial charge on any atom is -0.377 e.